The smallest absolute Gasteiger partial charge is 0.312 e. The molecule has 0 saturated heterocycles. The Labute approximate surface area is 85.3 Å². The molecule has 0 atom stereocenters. The van der Waals surface area contributed by atoms with Crippen LogP contribution in [0.25, 0.3) is 0 Å². The van der Waals surface area contributed by atoms with E-state index in [2.05, 4.69) is 11.9 Å². The Balaban J connectivity index is 2.69. The number of aromatic amines is 1. The first-order valence-corrected chi connectivity index (χ1v) is 4.46. The summed E-state index contributed by atoms with van der Waals surface area (Å²) in [5, 5.41) is 2.95. The van der Waals surface area contributed by atoms with Gasteiger partial charge < -0.3 is 5.32 Å². The summed E-state index contributed by atoms with van der Waals surface area (Å²) in [6.45, 7) is 4.91. The molecule has 0 spiro atoms. The highest BCUT2D eigenvalue weighted by atomic mass is 19.1. The molecule has 0 fully saturated rings. The van der Waals surface area contributed by atoms with Gasteiger partial charge in [0.15, 0.2) is 0 Å². The van der Waals surface area contributed by atoms with Crippen molar-refractivity contribution >= 4 is 0 Å². The molecular weight excluding hydrogens is 201 g/mol. The molecule has 0 aliphatic rings. The van der Waals surface area contributed by atoms with Crippen LogP contribution >= 0.6 is 0 Å². The monoisotopic (exact) mass is 213 g/mol. The van der Waals surface area contributed by atoms with Gasteiger partial charge in [-0.3, -0.25) is 14.3 Å². The van der Waals surface area contributed by atoms with Crippen LogP contribution in [0.5, 0.6) is 0 Å². The van der Waals surface area contributed by atoms with E-state index in [4.69, 9.17) is 0 Å². The van der Waals surface area contributed by atoms with Crippen LogP contribution in [0.2, 0.25) is 0 Å². The van der Waals surface area contributed by atoms with E-state index in [0.717, 1.165) is 10.8 Å². The molecule has 2 N–H and O–H groups in total. The Bertz CT molecular complexity index is 449. The van der Waals surface area contributed by atoms with E-state index in [0.29, 0.717) is 19.6 Å². The molecule has 5 nitrogen and oxygen atoms in total. The van der Waals surface area contributed by atoms with Crippen molar-refractivity contribution in [2.45, 2.75) is 6.54 Å². The van der Waals surface area contributed by atoms with Crippen molar-refractivity contribution in [2.75, 3.05) is 13.1 Å². The van der Waals surface area contributed by atoms with E-state index in [-0.39, 0.29) is 0 Å². The summed E-state index contributed by atoms with van der Waals surface area (Å²) in [7, 11) is 0. The van der Waals surface area contributed by atoms with Gasteiger partial charge in [-0.2, -0.15) is 4.39 Å². The van der Waals surface area contributed by atoms with Gasteiger partial charge in [-0.05, 0) is 0 Å². The van der Waals surface area contributed by atoms with E-state index in [1.807, 2.05) is 4.98 Å². The molecule has 0 aliphatic heterocycles. The van der Waals surface area contributed by atoms with Crippen LogP contribution in [-0.2, 0) is 6.54 Å². The second-order valence-corrected chi connectivity index (χ2v) is 2.92. The Kier molecular flexibility index (Phi) is 3.99. The molecule has 0 radical (unpaired) electrons. The lowest BCUT2D eigenvalue weighted by molar-refractivity contribution is 0.537. The molecular formula is C9H12FN3O2. The lowest BCUT2D eigenvalue weighted by atomic mass is 10.5. The normalized spacial score (nSPS) is 10.2. The Morgan fingerprint density at radius 3 is 3.00 bits per heavy atom. The fourth-order valence-corrected chi connectivity index (χ4v) is 1.05. The minimum absolute atomic E-state index is 0.292. The molecule has 1 aromatic rings. The maximum Gasteiger partial charge on any atom is 0.328 e. The SMILES string of the molecule is C=CCNCCn1cc(F)c(=O)[nH]c1=O. The second kappa shape index (κ2) is 5.26. The van der Waals surface area contributed by atoms with Crippen LogP contribution in [-0.4, -0.2) is 22.6 Å². The molecule has 0 aromatic carbocycles. The van der Waals surface area contributed by atoms with Gasteiger partial charge in [-0.25, -0.2) is 4.79 Å². The van der Waals surface area contributed by atoms with Gasteiger partial charge in [0.1, 0.15) is 0 Å². The highest BCUT2D eigenvalue weighted by Gasteiger charge is 2.02. The summed E-state index contributed by atoms with van der Waals surface area (Å²) in [5.41, 5.74) is -1.60. The first-order chi connectivity index (χ1) is 7.15. The van der Waals surface area contributed by atoms with Gasteiger partial charge >= 0.3 is 5.69 Å². The minimum Gasteiger partial charge on any atom is -0.312 e. The van der Waals surface area contributed by atoms with Crippen molar-refractivity contribution in [3.8, 4) is 0 Å². The number of H-pyrrole nitrogens is 1. The van der Waals surface area contributed by atoms with Crippen molar-refractivity contribution in [1.82, 2.24) is 14.9 Å². The lowest BCUT2D eigenvalue weighted by Crippen LogP contribution is -2.34. The summed E-state index contributed by atoms with van der Waals surface area (Å²) in [6.07, 6.45) is 2.58. The molecule has 1 rings (SSSR count). The van der Waals surface area contributed by atoms with Gasteiger partial charge in [0.2, 0.25) is 5.82 Å². The Morgan fingerprint density at radius 1 is 1.60 bits per heavy atom. The number of aromatic nitrogens is 2. The first-order valence-electron chi connectivity index (χ1n) is 4.46. The maximum absolute atomic E-state index is 12.8. The Morgan fingerprint density at radius 2 is 2.33 bits per heavy atom. The molecule has 1 aromatic heterocycles. The number of hydrogen-bond donors (Lipinski definition) is 2. The van der Waals surface area contributed by atoms with Crippen molar-refractivity contribution in [2.24, 2.45) is 0 Å². The molecule has 0 bridgehead atoms. The minimum atomic E-state index is -0.990. The number of nitrogens with zero attached hydrogens (tertiary/aromatic N) is 1. The zero-order valence-electron chi connectivity index (χ0n) is 8.12. The van der Waals surface area contributed by atoms with Crippen LogP contribution in [0.1, 0.15) is 0 Å². The van der Waals surface area contributed by atoms with E-state index >= 15 is 0 Å². The zero-order valence-corrected chi connectivity index (χ0v) is 8.12. The van der Waals surface area contributed by atoms with Gasteiger partial charge in [0.05, 0.1) is 6.20 Å². The average Bonchev–Trinajstić information content (AvgIpc) is 2.20. The number of nitrogens with one attached hydrogen (secondary N) is 2. The summed E-state index contributed by atoms with van der Waals surface area (Å²) in [6, 6.07) is 0. The zero-order chi connectivity index (χ0) is 11.3. The van der Waals surface area contributed by atoms with E-state index in [1.54, 1.807) is 6.08 Å². The maximum atomic E-state index is 12.8. The second-order valence-electron chi connectivity index (χ2n) is 2.92. The molecule has 15 heavy (non-hydrogen) atoms. The van der Waals surface area contributed by atoms with Crippen LogP contribution in [0, 0.1) is 5.82 Å². The highest BCUT2D eigenvalue weighted by Crippen LogP contribution is 1.83. The number of hydrogen-bond acceptors (Lipinski definition) is 3. The van der Waals surface area contributed by atoms with Crippen LogP contribution in [0.4, 0.5) is 4.39 Å². The predicted molar refractivity (Wildman–Crippen MR) is 54.3 cm³/mol. The van der Waals surface area contributed by atoms with Crippen LogP contribution in [0.3, 0.4) is 0 Å². The molecule has 6 heteroatoms. The third-order valence-corrected chi connectivity index (χ3v) is 1.79. The molecule has 1 heterocycles. The van der Waals surface area contributed by atoms with Gasteiger partial charge in [0, 0.05) is 19.6 Å². The van der Waals surface area contributed by atoms with Gasteiger partial charge in [-0.15, -0.1) is 6.58 Å². The fourth-order valence-electron chi connectivity index (χ4n) is 1.05. The summed E-state index contributed by atoms with van der Waals surface area (Å²) in [4.78, 5) is 23.7. The highest BCUT2D eigenvalue weighted by molar-refractivity contribution is 4.87. The van der Waals surface area contributed by atoms with Crippen molar-refractivity contribution < 1.29 is 4.39 Å². The van der Waals surface area contributed by atoms with Crippen LogP contribution in [0.15, 0.2) is 28.4 Å². The van der Waals surface area contributed by atoms with Crippen molar-refractivity contribution in [1.29, 1.82) is 0 Å². The third-order valence-electron chi connectivity index (χ3n) is 1.79. The molecule has 0 aliphatic carbocycles. The lowest BCUT2D eigenvalue weighted by Gasteiger charge is -2.04. The molecule has 0 unspecified atom stereocenters. The average molecular weight is 213 g/mol. The topological polar surface area (TPSA) is 66.9 Å². The summed E-state index contributed by atoms with van der Waals surface area (Å²) < 4.78 is 13.9. The third kappa shape index (κ3) is 3.17. The van der Waals surface area contributed by atoms with E-state index in [9.17, 15) is 14.0 Å². The predicted octanol–water partition coefficient (Wildman–Crippen LogP) is -0.549. The summed E-state index contributed by atoms with van der Waals surface area (Å²) >= 11 is 0. The standard InChI is InChI=1S/C9H12FN3O2/c1-2-3-11-4-5-13-6-7(10)8(14)12-9(13)15/h2,6,11H,1,3-5H2,(H,12,14,15). The molecule has 0 saturated carbocycles. The first kappa shape index (κ1) is 11.4. The molecule has 0 amide bonds. The van der Waals surface area contributed by atoms with E-state index < -0.39 is 17.1 Å². The quantitative estimate of drug-likeness (QED) is 0.509. The fraction of sp³-hybridized carbons (Fsp3) is 0.333. The van der Waals surface area contributed by atoms with Crippen molar-refractivity contribution in [3.05, 3.63) is 45.5 Å². The largest absolute Gasteiger partial charge is 0.328 e. The number of rotatable bonds is 5. The van der Waals surface area contributed by atoms with Crippen molar-refractivity contribution in [3.63, 3.8) is 0 Å². The van der Waals surface area contributed by atoms with E-state index in [1.165, 1.54) is 0 Å². The van der Waals surface area contributed by atoms with Gasteiger partial charge in [0.25, 0.3) is 5.56 Å². The van der Waals surface area contributed by atoms with Crippen LogP contribution < -0.4 is 16.6 Å². The Hall–Kier alpha value is -1.69. The molecule has 82 valence electrons. The number of halogens is 1. The summed E-state index contributed by atoms with van der Waals surface area (Å²) in [5.74, 6) is -0.960. The van der Waals surface area contributed by atoms with Gasteiger partial charge in [-0.1, -0.05) is 6.08 Å².